The Morgan fingerprint density at radius 3 is 2.69 bits per heavy atom. The summed E-state index contributed by atoms with van der Waals surface area (Å²) in [6.07, 6.45) is 2.17. The van der Waals surface area contributed by atoms with E-state index in [9.17, 15) is 4.39 Å². The minimum Gasteiger partial charge on any atom is -0.313 e. The van der Waals surface area contributed by atoms with E-state index in [-0.39, 0.29) is 11.9 Å². The third-order valence-electron chi connectivity index (χ3n) is 3.02. The molecule has 2 unspecified atom stereocenters. The summed E-state index contributed by atoms with van der Waals surface area (Å²) in [7, 11) is 1.92. The fourth-order valence-electron chi connectivity index (χ4n) is 1.75. The number of nitrogens with one attached hydrogen (secondary N) is 1. The van der Waals surface area contributed by atoms with Crippen molar-refractivity contribution >= 4 is 15.9 Å². The van der Waals surface area contributed by atoms with Crippen LogP contribution in [-0.2, 0) is 0 Å². The predicted molar refractivity (Wildman–Crippen MR) is 70.0 cm³/mol. The summed E-state index contributed by atoms with van der Waals surface area (Å²) in [4.78, 5) is 0. The molecule has 0 aliphatic heterocycles. The average molecular weight is 288 g/mol. The van der Waals surface area contributed by atoms with E-state index in [2.05, 4.69) is 35.1 Å². The maximum atomic E-state index is 13.2. The average Bonchev–Trinajstić information content (AvgIpc) is 2.29. The van der Waals surface area contributed by atoms with Gasteiger partial charge in [-0.1, -0.05) is 36.2 Å². The third kappa shape index (κ3) is 3.56. The van der Waals surface area contributed by atoms with Crippen molar-refractivity contribution in [3.63, 3.8) is 0 Å². The molecule has 0 aromatic heterocycles. The molecule has 90 valence electrons. The van der Waals surface area contributed by atoms with Crippen molar-refractivity contribution in [2.24, 2.45) is 5.92 Å². The van der Waals surface area contributed by atoms with Gasteiger partial charge in [0.2, 0.25) is 0 Å². The molecule has 0 aliphatic carbocycles. The normalized spacial score (nSPS) is 14.8. The zero-order chi connectivity index (χ0) is 12.1. The van der Waals surface area contributed by atoms with Crippen LogP contribution in [0, 0.1) is 11.7 Å². The van der Waals surface area contributed by atoms with Crippen molar-refractivity contribution in [2.75, 3.05) is 7.05 Å². The van der Waals surface area contributed by atoms with E-state index in [0.717, 1.165) is 22.9 Å². The SMILES string of the molecule is CCC(C)CC(NC)c1cc(F)ccc1Br. The van der Waals surface area contributed by atoms with Crippen molar-refractivity contribution in [1.29, 1.82) is 0 Å². The molecule has 1 rings (SSSR count). The van der Waals surface area contributed by atoms with Crippen molar-refractivity contribution in [1.82, 2.24) is 5.32 Å². The molecule has 3 heteroatoms. The molecule has 1 N–H and O–H groups in total. The maximum absolute atomic E-state index is 13.2. The molecule has 0 saturated carbocycles. The molecule has 0 spiro atoms. The Bertz CT molecular complexity index is 341. The van der Waals surface area contributed by atoms with Gasteiger partial charge in [0.25, 0.3) is 0 Å². The zero-order valence-electron chi connectivity index (χ0n) is 10.1. The highest BCUT2D eigenvalue weighted by molar-refractivity contribution is 9.10. The molecule has 0 fully saturated rings. The van der Waals surface area contributed by atoms with Gasteiger partial charge in [-0.05, 0) is 43.1 Å². The van der Waals surface area contributed by atoms with Gasteiger partial charge in [0.1, 0.15) is 5.82 Å². The Morgan fingerprint density at radius 1 is 1.44 bits per heavy atom. The summed E-state index contributed by atoms with van der Waals surface area (Å²) in [6.45, 7) is 4.40. The molecule has 0 saturated heterocycles. The van der Waals surface area contributed by atoms with Crippen LogP contribution in [0.15, 0.2) is 22.7 Å². The van der Waals surface area contributed by atoms with Gasteiger partial charge in [-0.15, -0.1) is 0 Å². The molecular weight excluding hydrogens is 269 g/mol. The largest absolute Gasteiger partial charge is 0.313 e. The highest BCUT2D eigenvalue weighted by Crippen LogP contribution is 2.29. The Hall–Kier alpha value is -0.410. The lowest BCUT2D eigenvalue weighted by Gasteiger charge is -2.21. The lowest BCUT2D eigenvalue weighted by Crippen LogP contribution is -2.19. The van der Waals surface area contributed by atoms with E-state index in [0.29, 0.717) is 5.92 Å². The van der Waals surface area contributed by atoms with Gasteiger partial charge in [-0.3, -0.25) is 0 Å². The second kappa shape index (κ2) is 6.36. The Balaban J connectivity index is 2.89. The molecule has 0 amide bonds. The van der Waals surface area contributed by atoms with Crippen LogP contribution in [0.5, 0.6) is 0 Å². The van der Waals surface area contributed by atoms with Crippen LogP contribution in [0.4, 0.5) is 4.39 Å². The summed E-state index contributed by atoms with van der Waals surface area (Å²) in [5.74, 6) is 0.454. The first kappa shape index (κ1) is 13.7. The molecule has 1 aromatic carbocycles. The van der Waals surface area contributed by atoms with Gasteiger partial charge in [0, 0.05) is 10.5 Å². The van der Waals surface area contributed by atoms with E-state index in [4.69, 9.17) is 0 Å². The summed E-state index contributed by atoms with van der Waals surface area (Å²) in [5.41, 5.74) is 1.00. The van der Waals surface area contributed by atoms with Crippen molar-refractivity contribution < 1.29 is 4.39 Å². The Labute approximate surface area is 106 Å². The minimum absolute atomic E-state index is 0.178. The second-order valence-corrected chi connectivity index (χ2v) is 5.11. The number of rotatable bonds is 5. The van der Waals surface area contributed by atoms with Crippen molar-refractivity contribution in [3.8, 4) is 0 Å². The molecule has 0 heterocycles. The lowest BCUT2D eigenvalue weighted by atomic mass is 9.94. The minimum atomic E-state index is -0.178. The van der Waals surface area contributed by atoms with E-state index in [1.165, 1.54) is 6.07 Å². The van der Waals surface area contributed by atoms with Gasteiger partial charge in [-0.2, -0.15) is 0 Å². The van der Waals surface area contributed by atoms with E-state index >= 15 is 0 Å². The molecule has 0 aliphatic rings. The van der Waals surface area contributed by atoms with Crippen molar-refractivity contribution in [3.05, 3.63) is 34.1 Å². The topological polar surface area (TPSA) is 12.0 Å². The van der Waals surface area contributed by atoms with Gasteiger partial charge in [-0.25, -0.2) is 4.39 Å². The predicted octanol–water partition coefficient (Wildman–Crippen LogP) is 4.28. The van der Waals surface area contributed by atoms with E-state index in [1.54, 1.807) is 12.1 Å². The quantitative estimate of drug-likeness (QED) is 0.852. The smallest absolute Gasteiger partial charge is 0.123 e. The highest BCUT2D eigenvalue weighted by atomic mass is 79.9. The van der Waals surface area contributed by atoms with Gasteiger partial charge < -0.3 is 5.32 Å². The van der Waals surface area contributed by atoms with Gasteiger partial charge in [0.05, 0.1) is 0 Å². The van der Waals surface area contributed by atoms with Crippen LogP contribution < -0.4 is 5.32 Å². The summed E-state index contributed by atoms with van der Waals surface area (Å²) >= 11 is 3.48. The summed E-state index contributed by atoms with van der Waals surface area (Å²) in [5, 5.41) is 3.25. The molecule has 16 heavy (non-hydrogen) atoms. The standard InChI is InChI=1S/C13H19BrFN/c1-4-9(2)7-13(16-3)11-8-10(15)5-6-12(11)14/h5-6,8-9,13,16H,4,7H2,1-3H3. The molecule has 2 atom stereocenters. The van der Waals surface area contributed by atoms with Crippen molar-refractivity contribution in [2.45, 2.75) is 32.7 Å². The molecule has 1 aromatic rings. The van der Waals surface area contributed by atoms with E-state index < -0.39 is 0 Å². The number of halogens is 2. The fourth-order valence-corrected chi connectivity index (χ4v) is 2.27. The summed E-state index contributed by atoms with van der Waals surface area (Å²) in [6, 6.07) is 5.06. The Kier molecular flexibility index (Phi) is 5.42. The van der Waals surface area contributed by atoms with Gasteiger partial charge in [0.15, 0.2) is 0 Å². The van der Waals surface area contributed by atoms with Crippen LogP contribution in [0.3, 0.4) is 0 Å². The monoisotopic (exact) mass is 287 g/mol. The third-order valence-corrected chi connectivity index (χ3v) is 3.74. The first-order valence-electron chi connectivity index (χ1n) is 5.70. The van der Waals surface area contributed by atoms with Crippen LogP contribution in [-0.4, -0.2) is 7.05 Å². The zero-order valence-corrected chi connectivity index (χ0v) is 11.6. The molecule has 1 nitrogen and oxygen atoms in total. The number of hydrogen-bond donors (Lipinski definition) is 1. The van der Waals surface area contributed by atoms with Gasteiger partial charge >= 0.3 is 0 Å². The Morgan fingerprint density at radius 2 is 2.12 bits per heavy atom. The molecule has 0 bridgehead atoms. The molecular formula is C13H19BrFN. The fraction of sp³-hybridized carbons (Fsp3) is 0.538. The van der Waals surface area contributed by atoms with Crippen LogP contribution in [0.2, 0.25) is 0 Å². The highest BCUT2D eigenvalue weighted by Gasteiger charge is 2.15. The first-order valence-corrected chi connectivity index (χ1v) is 6.50. The second-order valence-electron chi connectivity index (χ2n) is 4.26. The maximum Gasteiger partial charge on any atom is 0.123 e. The lowest BCUT2D eigenvalue weighted by molar-refractivity contribution is 0.419. The summed E-state index contributed by atoms with van der Waals surface area (Å²) < 4.78 is 14.2. The number of benzene rings is 1. The van der Waals surface area contributed by atoms with Crippen LogP contribution in [0.25, 0.3) is 0 Å². The first-order chi connectivity index (χ1) is 7.58. The van der Waals surface area contributed by atoms with Crippen LogP contribution >= 0.6 is 15.9 Å². The number of hydrogen-bond acceptors (Lipinski definition) is 1. The van der Waals surface area contributed by atoms with E-state index in [1.807, 2.05) is 7.05 Å². The van der Waals surface area contributed by atoms with Crippen LogP contribution in [0.1, 0.15) is 38.3 Å². The molecule has 0 radical (unpaired) electrons.